The van der Waals surface area contributed by atoms with Crippen molar-refractivity contribution in [3.8, 4) is 11.5 Å². The number of carbonyl (C=O) groups excluding carboxylic acids is 1. The van der Waals surface area contributed by atoms with E-state index in [4.69, 9.17) is 14.2 Å². The first kappa shape index (κ1) is 20.4. The molecule has 0 aliphatic carbocycles. The molecule has 1 N–H and O–H groups in total. The summed E-state index contributed by atoms with van der Waals surface area (Å²) in [7, 11) is 1.59. The number of anilines is 1. The van der Waals surface area contributed by atoms with Crippen molar-refractivity contribution < 1.29 is 19.0 Å². The van der Waals surface area contributed by atoms with Crippen LogP contribution in [0.15, 0.2) is 59.5 Å². The molecule has 3 rings (SSSR count). The fourth-order valence-corrected chi connectivity index (χ4v) is 2.92. The van der Waals surface area contributed by atoms with Crippen LogP contribution in [-0.4, -0.2) is 37.4 Å². The Morgan fingerprint density at radius 1 is 1.03 bits per heavy atom. The summed E-state index contributed by atoms with van der Waals surface area (Å²) >= 11 is 0. The van der Waals surface area contributed by atoms with Crippen molar-refractivity contribution in [2.75, 3.05) is 32.2 Å². The van der Waals surface area contributed by atoms with Crippen LogP contribution in [0, 0.1) is 0 Å². The van der Waals surface area contributed by atoms with Crippen LogP contribution in [0.5, 0.6) is 11.5 Å². The zero-order valence-electron chi connectivity index (χ0n) is 16.5. The number of benzene rings is 2. The van der Waals surface area contributed by atoms with Gasteiger partial charge in [-0.1, -0.05) is 6.07 Å². The van der Waals surface area contributed by atoms with Crippen LogP contribution in [0.3, 0.4) is 0 Å². The Bertz CT molecular complexity index is 1030. The van der Waals surface area contributed by atoms with Crippen LogP contribution in [0.4, 0.5) is 5.69 Å². The second-order valence-corrected chi connectivity index (χ2v) is 6.32. The van der Waals surface area contributed by atoms with E-state index in [1.807, 2.05) is 13.0 Å². The predicted molar refractivity (Wildman–Crippen MR) is 112 cm³/mol. The number of amides is 1. The molecule has 152 valence electrons. The quantitative estimate of drug-likeness (QED) is 0.601. The zero-order chi connectivity index (χ0) is 20.6. The van der Waals surface area contributed by atoms with Crippen molar-refractivity contribution >= 4 is 22.4 Å². The van der Waals surface area contributed by atoms with E-state index in [0.717, 1.165) is 5.75 Å². The van der Waals surface area contributed by atoms with Gasteiger partial charge in [0.15, 0.2) is 6.61 Å². The number of nitrogens with one attached hydrogen (secondary N) is 1. The molecule has 7 heteroatoms. The summed E-state index contributed by atoms with van der Waals surface area (Å²) in [5, 5.41) is 3.98. The summed E-state index contributed by atoms with van der Waals surface area (Å²) in [5.74, 6) is 0.939. The third kappa shape index (κ3) is 5.14. The molecule has 0 fully saturated rings. The lowest BCUT2D eigenvalue weighted by Crippen LogP contribution is -2.22. The van der Waals surface area contributed by atoms with Crippen molar-refractivity contribution in [3.05, 3.63) is 65.1 Å². The molecule has 0 saturated carbocycles. The van der Waals surface area contributed by atoms with Gasteiger partial charge < -0.3 is 24.1 Å². The SMILES string of the molecule is CCOc1ccc(NC(=O)COc2cccc3c(=O)n(CCOC)ccc23)cc1. The van der Waals surface area contributed by atoms with Crippen LogP contribution in [0.1, 0.15) is 6.92 Å². The van der Waals surface area contributed by atoms with Gasteiger partial charge in [0.05, 0.1) is 18.6 Å². The summed E-state index contributed by atoms with van der Waals surface area (Å²) in [6.07, 6.45) is 1.70. The fraction of sp³-hybridized carbons (Fsp3) is 0.273. The van der Waals surface area contributed by atoms with E-state index in [2.05, 4.69) is 5.32 Å². The summed E-state index contributed by atoms with van der Waals surface area (Å²) in [6.45, 7) is 3.25. The summed E-state index contributed by atoms with van der Waals surface area (Å²) < 4.78 is 17.7. The molecule has 29 heavy (non-hydrogen) atoms. The standard InChI is InChI=1S/C22H24N2O5/c1-3-28-17-9-7-16(8-10-17)23-21(25)15-29-20-6-4-5-19-18(20)11-12-24(22(19)26)13-14-27-2/h4-12H,3,13-15H2,1-2H3,(H,23,25). The maximum Gasteiger partial charge on any atom is 0.262 e. The van der Waals surface area contributed by atoms with Gasteiger partial charge in [-0.2, -0.15) is 0 Å². The molecular formula is C22H24N2O5. The van der Waals surface area contributed by atoms with Crippen molar-refractivity contribution in [1.29, 1.82) is 0 Å². The van der Waals surface area contributed by atoms with Gasteiger partial charge in [0.25, 0.3) is 11.5 Å². The first-order valence-corrected chi connectivity index (χ1v) is 9.39. The maximum atomic E-state index is 12.6. The number of carbonyl (C=O) groups is 1. The van der Waals surface area contributed by atoms with Gasteiger partial charge in [-0.05, 0) is 49.4 Å². The third-order valence-electron chi connectivity index (χ3n) is 4.32. The molecule has 2 aromatic carbocycles. The number of hydrogen-bond donors (Lipinski definition) is 1. The normalized spacial score (nSPS) is 10.7. The highest BCUT2D eigenvalue weighted by Crippen LogP contribution is 2.23. The van der Waals surface area contributed by atoms with Crippen molar-refractivity contribution in [2.45, 2.75) is 13.5 Å². The summed E-state index contributed by atoms with van der Waals surface area (Å²) in [5.41, 5.74) is 0.532. The molecule has 1 amide bonds. The number of aromatic nitrogens is 1. The van der Waals surface area contributed by atoms with Gasteiger partial charge in [0.2, 0.25) is 0 Å². The Labute approximate surface area is 168 Å². The van der Waals surface area contributed by atoms with E-state index in [9.17, 15) is 9.59 Å². The number of hydrogen-bond acceptors (Lipinski definition) is 5. The van der Waals surface area contributed by atoms with Gasteiger partial charge in [-0.25, -0.2) is 0 Å². The van der Waals surface area contributed by atoms with Gasteiger partial charge in [0.1, 0.15) is 11.5 Å². The minimum absolute atomic E-state index is 0.121. The number of fused-ring (bicyclic) bond motifs is 1. The van der Waals surface area contributed by atoms with Gasteiger partial charge in [0, 0.05) is 30.9 Å². The molecule has 1 heterocycles. The second-order valence-electron chi connectivity index (χ2n) is 6.32. The monoisotopic (exact) mass is 396 g/mol. The van der Waals surface area contributed by atoms with Crippen LogP contribution in [-0.2, 0) is 16.1 Å². The fourth-order valence-electron chi connectivity index (χ4n) is 2.92. The molecule has 0 unspecified atom stereocenters. The van der Waals surface area contributed by atoms with Crippen LogP contribution >= 0.6 is 0 Å². The van der Waals surface area contributed by atoms with E-state index in [-0.39, 0.29) is 18.1 Å². The molecule has 0 radical (unpaired) electrons. The Kier molecular flexibility index (Phi) is 6.86. The third-order valence-corrected chi connectivity index (χ3v) is 4.32. The highest BCUT2D eigenvalue weighted by Gasteiger charge is 2.10. The maximum absolute atomic E-state index is 12.6. The summed E-state index contributed by atoms with van der Waals surface area (Å²) in [4.78, 5) is 24.8. The lowest BCUT2D eigenvalue weighted by molar-refractivity contribution is -0.118. The Morgan fingerprint density at radius 3 is 2.55 bits per heavy atom. The number of methoxy groups -OCH3 is 1. The smallest absolute Gasteiger partial charge is 0.262 e. The molecule has 1 aromatic heterocycles. The molecule has 0 saturated heterocycles. The lowest BCUT2D eigenvalue weighted by Gasteiger charge is -2.12. The number of pyridine rings is 1. The van der Waals surface area contributed by atoms with E-state index in [1.165, 1.54) is 0 Å². The second kappa shape index (κ2) is 9.75. The molecule has 3 aromatic rings. The van der Waals surface area contributed by atoms with E-state index in [0.29, 0.717) is 42.0 Å². The minimum atomic E-state index is -0.292. The molecule has 0 spiro atoms. The highest BCUT2D eigenvalue weighted by atomic mass is 16.5. The topological polar surface area (TPSA) is 78.8 Å². The lowest BCUT2D eigenvalue weighted by atomic mass is 10.1. The molecule has 0 aliphatic heterocycles. The van der Waals surface area contributed by atoms with Crippen molar-refractivity contribution in [1.82, 2.24) is 4.57 Å². The van der Waals surface area contributed by atoms with Gasteiger partial charge in [-0.3, -0.25) is 9.59 Å². The van der Waals surface area contributed by atoms with Gasteiger partial charge >= 0.3 is 0 Å². The molecule has 0 atom stereocenters. The van der Waals surface area contributed by atoms with Crippen molar-refractivity contribution in [3.63, 3.8) is 0 Å². The molecule has 0 bridgehead atoms. The molecule has 7 nitrogen and oxygen atoms in total. The highest BCUT2D eigenvalue weighted by molar-refractivity contribution is 5.92. The van der Waals surface area contributed by atoms with E-state index < -0.39 is 0 Å². The van der Waals surface area contributed by atoms with Crippen LogP contribution < -0.4 is 20.3 Å². The Balaban J connectivity index is 1.67. The number of nitrogens with zero attached hydrogens (tertiary/aromatic N) is 1. The number of ether oxygens (including phenoxy) is 3. The first-order valence-electron chi connectivity index (χ1n) is 9.39. The summed E-state index contributed by atoms with van der Waals surface area (Å²) in [6, 6.07) is 14.2. The Morgan fingerprint density at radius 2 is 1.83 bits per heavy atom. The number of rotatable bonds is 9. The zero-order valence-corrected chi connectivity index (χ0v) is 16.5. The average Bonchev–Trinajstić information content (AvgIpc) is 2.73. The average molecular weight is 396 g/mol. The van der Waals surface area contributed by atoms with Gasteiger partial charge in [-0.15, -0.1) is 0 Å². The molecule has 0 aliphatic rings. The first-order chi connectivity index (χ1) is 14.1. The largest absolute Gasteiger partial charge is 0.494 e. The minimum Gasteiger partial charge on any atom is -0.494 e. The Hall–Kier alpha value is -3.32. The van der Waals surface area contributed by atoms with E-state index in [1.54, 1.807) is 60.3 Å². The predicted octanol–water partition coefficient (Wildman–Crippen LogP) is 3.06. The van der Waals surface area contributed by atoms with Crippen molar-refractivity contribution in [2.24, 2.45) is 0 Å². The van der Waals surface area contributed by atoms with Crippen LogP contribution in [0.25, 0.3) is 10.8 Å². The molecular weight excluding hydrogens is 372 g/mol. The van der Waals surface area contributed by atoms with Crippen LogP contribution in [0.2, 0.25) is 0 Å². The van der Waals surface area contributed by atoms with E-state index >= 15 is 0 Å².